The summed E-state index contributed by atoms with van der Waals surface area (Å²) in [6.07, 6.45) is 1.86. The molecule has 1 unspecified atom stereocenters. The normalized spacial score (nSPS) is 12.3. The number of esters is 3. The number of ether oxygens (including phenoxy) is 3. The van der Waals surface area contributed by atoms with Gasteiger partial charge in [0.1, 0.15) is 19.3 Å². The molecule has 0 fully saturated rings. The van der Waals surface area contributed by atoms with Gasteiger partial charge < -0.3 is 19.9 Å². The van der Waals surface area contributed by atoms with Gasteiger partial charge in [0.05, 0.1) is 7.11 Å². The largest absolute Gasteiger partial charge is 0.466 e. The highest BCUT2D eigenvalue weighted by Gasteiger charge is 2.18. The Morgan fingerprint density at radius 1 is 1.05 bits per heavy atom. The first-order chi connectivity index (χ1) is 8.88. The lowest BCUT2D eigenvalue weighted by Gasteiger charge is -2.14. The van der Waals surface area contributed by atoms with Crippen molar-refractivity contribution in [3.8, 4) is 0 Å². The molecule has 108 valence electrons. The van der Waals surface area contributed by atoms with E-state index in [0.29, 0.717) is 0 Å². The molecule has 0 saturated carbocycles. The monoisotopic (exact) mass is 273 g/mol. The predicted octanol–water partition coefficient (Wildman–Crippen LogP) is -0.215. The van der Waals surface area contributed by atoms with Gasteiger partial charge in [-0.3, -0.25) is 4.79 Å². The Balaban J connectivity index is 3.81. The molecule has 0 aliphatic heterocycles. The molecule has 0 radical (unpaired) electrons. The summed E-state index contributed by atoms with van der Waals surface area (Å²) < 4.78 is 13.8. The van der Waals surface area contributed by atoms with E-state index in [1.165, 1.54) is 7.11 Å². The fourth-order valence-corrected chi connectivity index (χ4v) is 0.905. The fourth-order valence-electron chi connectivity index (χ4n) is 0.905. The third-order valence-corrected chi connectivity index (χ3v) is 2.12. The van der Waals surface area contributed by atoms with Gasteiger partial charge in [-0.15, -0.1) is 0 Å². The molecule has 0 aliphatic rings. The highest BCUT2D eigenvalue weighted by molar-refractivity contribution is 5.91. The molecular formula is C12H19NO6. The number of carbonyl (C=O) groups is 3. The summed E-state index contributed by atoms with van der Waals surface area (Å²) in [6, 6.07) is -0.699. The maximum Gasteiger partial charge on any atom is 0.331 e. The molecule has 7 nitrogen and oxygen atoms in total. The molecule has 0 bridgehead atoms. The van der Waals surface area contributed by atoms with Crippen molar-refractivity contribution in [3.63, 3.8) is 0 Å². The van der Waals surface area contributed by atoms with E-state index in [1.807, 2.05) is 0 Å². The van der Waals surface area contributed by atoms with Gasteiger partial charge in [0, 0.05) is 12.2 Å². The molecule has 19 heavy (non-hydrogen) atoms. The minimum Gasteiger partial charge on any atom is -0.466 e. The van der Waals surface area contributed by atoms with Crippen molar-refractivity contribution in [1.29, 1.82) is 0 Å². The second-order valence-electron chi connectivity index (χ2n) is 3.96. The molecule has 0 spiro atoms. The molecule has 2 N–H and O–H groups in total. The summed E-state index contributed by atoms with van der Waals surface area (Å²) in [7, 11) is 1.19. The topological polar surface area (TPSA) is 105 Å². The molecule has 0 amide bonds. The van der Waals surface area contributed by atoms with E-state index in [1.54, 1.807) is 13.8 Å². The third-order valence-electron chi connectivity index (χ3n) is 2.12. The maximum absolute atomic E-state index is 11.3. The smallest absolute Gasteiger partial charge is 0.331 e. The van der Waals surface area contributed by atoms with Gasteiger partial charge >= 0.3 is 17.9 Å². The van der Waals surface area contributed by atoms with E-state index in [4.69, 9.17) is 10.5 Å². The number of nitrogens with two attached hydrogens (primary N) is 1. The lowest BCUT2D eigenvalue weighted by molar-refractivity contribution is -0.151. The van der Waals surface area contributed by atoms with Gasteiger partial charge in [0.2, 0.25) is 0 Å². The summed E-state index contributed by atoms with van der Waals surface area (Å²) in [5.74, 6) is -1.96. The first-order valence-corrected chi connectivity index (χ1v) is 5.73. The second kappa shape index (κ2) is 9.09. The van der Waals surface area contributed by atoms with Crippen molar-refractivity contribution in [2.75, 3.05) is 20.3 Å². The van der Waals surface area contributed by atoms with E-state index in [2.05, 4.69) is 9.47 Å². The zero-order valence-electron chi connectivity index (χ0n) is 11.3. The molecule has 0 aromatic rings. The third kappa shape index (κ3) is 7.93. The van der Waals surface area contributed by atoms with Crippen LogP contribution in [0.5, 0.6) is 0 Å². The molecule has 1 atom stereocenters. The van der Waals surface area contributed by atoms with E-state index < -0.39 is 23.9 Å². The number of hydrogen-bond acceptors (Lipinski definition) is 7. The van der Waals surface area contributed by atoms with Crippen LogP contribution in [0.1, 0.15) is 13.8 Å². The zero-order chi connectivity index (χ0) is 14.8. The summed E-state index contributed by atoms with van der Waals surface area (Å²) in [5.41, 5.74) is 5.55. The molecule has 0 aromatic heterocycles. The Labute approximate surface area is 111 Å². The predicted molar refractivity (Wildman–Crippen MR) is 65.9 cm³/mol. The average molecular weight is 273 g/mol. The average Bonchev–Trinajstić information content (AvgIpc) is 2.39. The molecule has 0 rings (SSSR count). The van der Waals surface area contributed by atoms with Gasteiger partial charge in [0.25, 0.3) is 0 Å². The molecule has 0 aromatic carbocycles. The Bertz CT molecular complexity index is 350. The first-order valence-electron chi connectivity index (χ1n) is 5.73. The van der Waals surface area contributed by atoms with Crippen molar-refractivity contribution >= 4 is 17.9 Å². The van der Waals surface area contributed by atoms with Crippen LogP contribution in [0.15, 0.2) is 12.2 Å². The van der Waals surface area contributed by atoms with Gasteiger partial charge in [-0.05, 0) is 5.92 Å². The second-order valence-corrected chi connectivity index (χ2v) is 3.96. The summed E-state index contributed by atoms with van der Waals surface area (Å²) in [4.78, 5) is 33.1. The van der Waals surface area contributed by atoms with Crippen LogP contribution in [0.4, 0.5) is 0 Å². The Hall–Kier alpha value is -1.89. The van der Waals surface area contributed by atoms with Gasteiger partial charge in [-0.1, -0.05) is 13.8 Å². The highest BCUT2D eigenvalue weighted by atomic mass is 16.6. The van der Waals surface area contributed by atoms with Crippen LogP contribution >= 0.6 is 0 Å². The van der Waals surface area contributed by atoms with Crippen LogP contribution in [-0.2, 0) is 28.6 Å². The van der Waals surface area contributed by atoms with Crippen LogP contribution in [0, 0.1) is 5.92 Å². The molecule has 0 aliphatic carbocycles. The van der Waals surface area contributed by atoms with Crippen molar-refractivity contribution in [2.45, 2.75) is 19.9 Å². The number of hydrogen-bond donors (Lipinski definition) is 1. The van der Waals surface area contributed by atoms with Crippen molar-refractivity contribution in [1.82, 2.24) is 0 Å². The van der Waals surface area contributed by atoms with E-state index in [-0.39, 0.29) is 19.1 Å². The van der Waals surface area contributed by atoms with Crippen molar-refractivity contribution in [3.05, 3.63) is 12.2 Å². The quantitative estimate of drug-likeness (QED) is 0.296. The molecular weight excluding hydrogens is 254 g/mol. The van der Waals surface area contributed by atoms with E-state index in [9.17, 15) is 14.4 Å². The van der Waals surface area contributed by atoms with Gasteiger partial charge in [0.15, 0.2) is 0 Å². The molecule has 0 heterocycles. The zero-order valence-corrected chi connectivity index (χ0v) is 11.3. The van der Waals surface area contributed by atoms with Crippen molar-refractivity contribution < 1.29 is 28.6 Å². The highest BCUT2D eigenvalue weighted by Crippen LogP contribution is 2.00. The maximum atomic E-state index is 11.3. The lowest BCUT2D eigenvalue weighted by atomic mass is 10.1. The Kier molecular flexibility index (Phi) is 8.19. The summed E-state index contributed by atoms with van der Waals surface area (Å²) >= 11 is 0. The fraction of sp³-hybridized carbons (Fsp3) is 0.583. The summed E-state index contributed by atoms with van der Waals surface area (Å²) in [6.45, 7) is 3.39. The Morgan fingerprint density at radius 3 is 2.11 bits per heavy atom. The number of carbonyl (C=O) groups excluding carboxylic acids is 3. The van der Waals surface area contributed by atoms with E-state index in [0.717, 1.165) is 12.2 Å². The van der Waals surface area contributed by atoms with Crippen molar-refractivity contribution in [2.24, 2.45) is 11.7 Å². The summed E-state index contributed by atoms with van der Waals surface area (Å²) in [5, 5.41) is 0. The lowest BCUT2D eigenvalue weighted by Crippen LogP contribution is -2.37. The SMILES string of the molecule is COC(=O)C=CC(=O)OCCOC(=O)C(N)C(C)C. The standard InChI is InChI=1S/C12H19NO6/c1-8(2)11(13)12(16)19-7-6-18-10(15)5-4-9(14)17-3/h4-5,8,11H,6-7,13H2,1-3H3. The van der Waals surface area contributed by atoms with Crippen LogP contribution in [0.2, 0.25) is 0 Å². The van der Waals surface area contributed by atoms with Crippen LogP contribution in [-0.4, -0.2) is 44.3 Å². The van der Waals surface area contributed by atoms with E-state index >= 15 is 0 Å². The van der Waals surface area contributed by atoms with Gasteiger partial charge in [-0.2, -0.15) is 0 Å². The Morgan fingerprint density at radius 2 is 1.58 bits per heavy atom. The van der Waals surface area contributed by atoms with Crippen LogP contribution in [0.3, 0.4) is 0 Å². The molecule has 0 saturated heterocycles. The number of rotatable bonds is 7. The minimum absolute atomic E-state index is 0.0296. The van der Waals surface area contributed by atoms with Crippen LogP contribution < -0.4 is 5.73 Å². The van der Waals surface area contributed by atoms with Gasteiger partial charge in [-0.25, -0.2) is 9.59 Å². The number of methoxy groups -OCH3 is 1. The minimum atomic E-state index is -0.727. The first kappa shape index (κ1) is 17.1. The molecule has 7 heteroatoms. The van der Waals surface area contributed by atoms with Crippen LogP contribution in [0.25, 0.3) is 0 Å².